The molecule has 0 aromatic rings. The van der Waals surface area contributed by atoms with Crippen molar-refractivity contribution in [3.8, 4) is 12.3 Å². The average molecular weight is 353 g/mol. The van der Waals surface area contributed by atoms with Crippen LogP contribution in [0.4, 0.5) is 0 Å². The van der Waals surface area contributed by atoms with Gasteiger partial charge < -0.3 is 5.11 Å². The van der Waals surface area contributed by atoms with Crippen molar-refractivity contribution < 1.29 is 9.90 Å². The fourth-order valence-electron chi connectivity index (χ4n) is 3.26. The van der Waals surface area contributed by atoms with Gasteiger partial charge in [-0.3, -0.25) is 4.79 Å². The predicted molar refractivity (Wildman–Crippen MR) is 91.2 cm³/mol. The van der Waals surface area contributed by atoms with Crippen LogP contribution in [0.2, 0.25) is 0 Å². The molecule has 0 spiro atoms. The first-order valence-corrected chi connectivity index (χ1v) is 8.59. The molecule has 0 radical (unpaired) electrons. The smallest absolute Gasteiger partial charge is 0.181 e. The number of unbranched alkanes of at least 4 members (excludes halogenated alkanes) is 1. The van der Waals surface area contributed by atoms with Crippen LogP contribution >= 0.6 is 15.9 Å². The first-order chi connectivity index (χ1) is 9.86. The van der Waals surface area contributed by atoms with E-state index in [1.807, 2.05) is 26.8 Å². The summed E-state index contributed by atoms with van der Waals surface area (Å²) < 4.78 is 0. The van der Waals surface area contributed by atoms with E-state index in [1.165, 1.54) is 0 Å². The van der Waals surface area contributed by atoms with Crippen molar-refractivity contribution in [1.29, 1.82) is 0 Å². The summed E-state index contributed by atoms with van der Waals surface area (Å²) in [6.07, 6.45) is 11.7. The Bertz CT molecular complexity index is 480. The second-order valence-electron chi connectivity index (χ2n) is 6.23. The third-order valence-corrected chi connectivity index (χ3v) is 4.96. The van der Waals surface area contributed by atoms with Crippen molar-refractivity contribution >= 4 is 21.7 Å². The van der Waals surface area contributed by atoms with Crippen molar-refractivity contribution in [2.24, 2.45) is 11.3 Å². The van der Waals surface area contributed by atoms with Gasteiger partial charge in [0.15, 0.2) is 5.78 Å². The van der Waals surface area contributed by atoms with Crippen LogP contribution in [-0.2, 0) is 4.79 Å². The summed E-state index contributed by atoms with van der Waals surface area (Å²) in [6, 6.07) is 0. The molecule has 3 heteroatoms. The number of carbonyl (C=O) groups excluding carboxylic acids is 1. The summed E-state index contributed by atoms with van der Waals surface area (Å²) in [4.78, 5) is 12.6. The molecule has 0 aromatic carbocycles. The van der Waals surface area contributed by atoms with Crippen molar-refractivity contribution in [3.63, 3.8) is 0 Å². The Kier molecular flexibility index (Phi) is 6.90. The van der Waals surface area contributed by atoms with Crippen molar-refractivity contribution in [3.05, 3.63) is 23.3 Å². The lowest BCUT2D eigenvalue weighted by Gasteiger charge is -2.42. The van der Waals surface area contributed by atoms with Crippen LogP contribution in [0.25, 0.3) is 0 Å². The molecule has 21 heavy (non-hydrogen) atoms. The molecule has 1 N–H and O–H groups in total. The first-order valence-electron chi connectivity index (χ1n) is 7.47. The minimum Gasteiger partial charge on any atom is -0.380 e. The number of rotatable bonds is 6. The lowest BCUT2D eigenvalue weighted by atomic mass is 9.62. The third kappa shape index (κ3) is 4.31. The van der Waals surface area contributed by atoms with Crippen LogP contribution in [0.15, 0.2) is 23.3 Å². The molecular weight excluding hydrogens is 328 g/mol. The lowest BCUT2D eigenvalue weighted by Crippen LogP contribution is -2.40. The Labute approximate surface area is 136 Å². The SMILES string of the molecule is C#CC(O)C1CCC(C)=C(C(=O)/C=C/CCCBr)C1(C)C. The standard InChI is InChI=1S/C18H25BrO2/c1-5-15(20)14-11-10-13(2)17(18(14,3)4)16(21)9-7-6-8-12-19/h1,7,9,14-15,20H,6,8,10-12H2,2-4H3/b9-7+. The largest absolute Gasteiger partial charge is 0.380 e. The molecule has 2 atom stereocenters. The molecule has 1 aliphatic rings. The summed E-state index contributed by atoms with van der Waals surface area (Å²) in [5.74, 6) is 2.41. The van der Waals surface area contributed by atoms with Crippen molar-refractivity contribution in [2.45, 2.75) is 52.6 Å². The van der Waals surface area contributed by atoms with E-state index in [2.05, 4.69) is 21.9 Å². The fourth-order valence-corrected chi connectivity index (χ4v) is 3.58. The molecule has 116 valence electrons. The van der Waals surface area contributed by atoms with Gasteiger partial charge >= 0.3 is 0 Å². The van der Waals surface area contributed by atoms with E-state index in [1.54, 1.807) is 6.08 Å². The summed E-state index contributed by atoms with van der Waals surface area (Å²) >= 11 is 3.38. The normalized spacial score (nSPS) is 23.1. The molecule has 0 saturated heterocycles. The Morgan fingerprint density at radius 3 is 2.86 bits per heavy atom. The lowest BCUT2D eigenvalue weighted by molar-refractivity contribution is -0.113. The Hall–Kier alpha value is -0.850. The van der Waals surface area contributed by atoms with E-state index in [4.69, 9.17) is 6.42 Å². The number of aliphatic hydroxyl groups excluding tert-OH is 1. The number of halogens is 1. The van der Waals surface area contributed by atoms with Gasteiger partial charge in [-0.25, -0.2) is 0 Å². The van der Waals surface area contributed by atoms with Gasteiger partial charge in [0.25, 0.3) is 0 Å². The third-order valence-electron chi connectivity index (χ3n) is 4.40. The summed E-state index contributed by atoms with van der Waals surface area (Å²) in [5.41, 5.74) is 1.55. The molecule has 0 aromatic heterocycles. The molecular formula is C18H25BrO2. The number of aliphatic hydroxyl groups is 1. The van der Waals surface area contributed by atoms with Gasteiger partial charge in [-0.2, -0.15) is 0 Å². The van der Waals surface area contributed by atoms with Crippen LogP contribution in [-0.4, -0.2) is 22.3 Å². The number of alkyl halides is 1. The molecule has 0 fully saturated rings. The zero-order chi connectivity index (χ0) is 16.0. The van der Waals surface area contributed by atoms with Crippen LogP contribution in [0.1, 0.15) is 46.5 Å². The van der Waals surface area contributed by atoms with Crippen LogP contribution in [0, 0.1) is 23.7 Å². The Morgan fingerprint density at radius 2 is 2.29 bits per heavy atom. The summed E-state index contributed by atoms with van der Waals surface area (Å²) in [5, 5.41) is 11.0. The van der Waals surface area contributed by atoms with Gasteiger partial charge in [-0.1, -0.05) is 47.3 Å². The zero-order valence-electron chi connectivity index (χ0n) is 13.2. The van der Waals surface area contributed by atoms with E-state index in [-0.39, 0.29) is 11.7 Å². The minimum atomic E-state index is -0.798. The minimum absolute atomic E-state index is 0.0565. The molecule has 0 saturated carbocycles. The number of terminal acetylenes is 1. The summed E-state index contributed by atoms with van der Waals surface area (Å²) in [7, 11) is 0. The van der Waals surface area contributed by atoms with Gasteiger partial charge in [-0.05, 0) is 44.1 Å². The predicted octanol–water partition coefficient (Wildman–Crippen LogP) is 4.03. The molecule has 0 amide bonds. The number of hydrogen-bond acceptors (Lipinski definition) is 2. The molecule has 2 unspecified atom stereocenters. The van der Waals surface area contributed by atoms with Crippen LogP contribution in [0.3, 0.4) is 0 Å². The number of carbonyl (C=O) groups is 1. The van der Waals surface area contributed by atoms with Crippen molar-refractivity contribution in [2.75, 3.05) is 5.33 Å². The fraction of sp³-hybridized carbons (Fsp3) is 0.611. The van der Waals surface area contributed by atoms with E-state index >= 15 is 0 Å². The molecule has 0 bridgehead atoms. The van der Waals surface area contributed by atoms with E-state index < -0.39 is 11.5 Å². The van der Waals surface area contributed by atoms with E-state index in [0.29, 0.717) is 0 Å². The van der Waals surface area contributed by atoms with Gasteiger partial charge in [0.05, 0.1) is 0 Å². The van der Waals surface area contributed by atoms with Crippen molar-refractivity contribution in [1.82, 2.24) is 0 Å². The van der Waals surface area contributed by atoms with Gasteiger partial charge in [0.2, 0.25) is 0 Å². The topological polar surface area (TPSA) is 37.3 Å². The summed E-state index contributed by atoms with van der Waals surface area (Å²) in [6.45, 7) is 6.04. The molecule has 1 rings (SSSR count). The number of allylic oxidation sites excluding steroid dienone is 4. The quantitative estimate of drug-likeness (QED) is 0.339. The zero-order valence-corrected chi connectivity index (χ0v) is 14.7. The highest BCUT2D eigenvalue weighted by Gasteiger charge is 2.42. The van der Waals surface area contributed by atoms with E-state index in [9.17, 15) is 9.90 Å². The van der Waals surface area contributed by atoms with Gasteiger partial charge in [0.1, 0.15) is 6.10 Å². The maximum absolute atomic E-state index is 12.6. The molecule has 0 heterocycles. The molecule has 1 aliphatic carbocycles. The molecule has 0 aliphatic heterocycles. The highest BCUT2D eigenvalue weighted by atomic mass is 79.9. The first kappa shape index (κ1) is 18.2. The highest BCUT2D eigenvalue weighted by molar-refractivity contribution is 9.09. The molecule has 2 nitrogen and oxygen atoms in total. The highest BCUT2D eigenvalue weighted by Crippen LogP contribution is 2.46. The van der Waals surface area contributed by atoms with Gasteiger partial charge in [-0.15, -0.1) is 6.42 Å². The Morgan fingerprint density at radius 1 is 1.62 bits per heavy atom. The maximum atomic E-state index is 12.6. The monoisotopic (exact) mass is 352 g/mol. The number of ketones is 1. The van der Waals surface area contributed by atoms with E-state index in [0.717, 1.165) is 42.2 Å². The second kappa shape index (κ2) is 7.96. The number of hydrogen-bond donors (Lipinski definition) is 1. The Balaban J connectivity index is 3.00. The van der Waals surface area contributed by atoms with Crippen LogP contribution < -0.4 is 0 Å². The average Bonchev–Trinajstić information content (AvgIpc) is 2.42. The van der Waals surface area contributed by atoms with Gasteiger partial charge in [0, 0.05) is 16.8 Å². The second-order valence-corrected chi connectivity index (χ2v) is 7.02. The maximum Gasteiger partial charge on any atom is 0.181 e. The van der Waals surface area contributed by atoms with Crippen LogP contribution in [0.5, 0.6) is 0 Å².